The Kier molecular flexibility index (Phi) is 6.64. The van der Waals surface area contributed by atoms with E-state index in [2.05, 4.69) is 32.2 Å². The van der Waals surface area contributed by atoms with Crippen LogP contribution in [0.25, 0.3) is 5.70 Å². The molecule has 0 saturated carbocycles. The van der Waals surface area contributed by atoms with Crippen molar-refractivity contribution in [2.24, 2.45) is 0 Å². The van der Waals surface area contributed by atoms with E-state index in [0.29, 0.717) is 6.54 Å². The van der Waals surface area contributed by atoms with Crippen molar-refractivity contribution in [2.45, 2.75) is 25.9 Å². The van der Waals surface area contributed by atoms with E-state index >= 15 is 0 Å². The minimum absolute atomic E-state index is 0.0154. The van der Waals surface area contributed by atoms with Crippen molar-refractivity contribution in [3.8, 4) is 0 Å². The molecule has 0 aliphatic carbocycles. The molecule has 1 atom stereocenters. The molecular formula is C21H25NO. The van der Waals surface area contributed by atoms with Crippen LogP contribution < -0.4 is 0 Å². The van der Waals surface area contributed by atoms with Crippen LogP contribution in [0.5, 0.6) is 0 Å². The van der Waals surface area contributed by atoms with E-state index in [1.54, 1.807) is 0 Å². The van der Waals surface area contributed by atoms with Gasteiger partial charge in [-0.15, -0.1) is 6.58 Å². The Labute approximate surface area is 139 Å². The Bertz CT molecular complexity index is 606. The zero-order chi connectivity index (χ0) is 16.5. The summed E-state index contributed by atoms with van der Waals surface area (Å²) in [6.45, 7) is 10.8. The summed E-state index contributed by atoms with van der Waals surface area (Å²) >= 11 is 0. The molecule has 120 valence electrons. The van der Waals surface area contributed by atoms with Crippen molar-refractivity contribution in [3.05, 3.63) is 91.0 Å². The molecule has 2 aromatic carbocycles. The van der Waals surface area contributed by atoms with Crippen molar-refractivity contribution in [1.29, 1.82) is 0 Å². The van der Waals surface area contributed by atoms with E-state index in [9.17, 15) is 0 Å². The highest BCUT2D eigenvalue weighted by Gasteiger charge is 2.17. The Morgan fingerprint density at radius 3 is 2.26 bits per heavy atom. The SMILES string of the molecule is C=CCN(OC(CCC)c1ccccc1)C(=C)c1ccccc1. The van der Waals surface area contributed by atoms with Crippen molar-refractivity contribution in [2.75, 3.05) is 6.54 Å². The van der Waals surface area contributed by atoms with Gasteiger partial charge in [0.1, 0.15) is 6.10 Å². The largest absolute Gasteiger partial charge is 0.265 e. The third-order valence-corrected chi connectivity index (χ3v) is 3.68. The van der Waals surface area contributed by atoms with Crippen molar-refractivity contribution in [1.82, 2.24) is 5.06 Å². The minimum Gasteiger partial charge on any atom is -0.265 e. The molecule has 2 nitrogen and oxygen atoms in total. The molecule has 0 aliphatic rings. The Morgan fingerprint density at radius 2 is 1.70 bits per heavy atom. The van der Waals surface area contributed by atoms with Crippen LogP contribution in [0.15, 0.2) is 79.9 Å². The molecule has 0 radical (unpaired) electrons. The number of rotatable bonds is 9. The van der Waals surface area contributed by atoms with E-state index in [1.807, 2.05) is 59.7 Å². The van der Waals surface area contributed by atoms with Gasteiger partial charge in [0.05, 0.1) is 12.2 Å². The Balaban J connectivity index is 2.19. The molecule has 2 aromatic rings. The summed E-state index contributed by atoms with van der Waals surface area (Å²) in [5.74, 6) is 0. The summed E-state index contributed by atoms with van der Waals surface area (Å²) in [6, 6.07) is 20.4. The standard InChI is InChI=1S/C21H25NO/c1-4-12-21(20-15-10-7-11-16-20)23-22(17-5-2)18(3)19-13-8-6-9-14-19/h5-11,13-16,21H,2-4,12,17H2,1H3. The predicted octanol–water partition coefficient (Wildman–Crippen LogP) is 5.62. The highest BCUT2D eigenvalue weighted by atomic mass is 16.7. The topological polar surface area (TPSA) is 12.5 Å². The minimum atomic E-state index is 0.0154. The van der Waals surface area contributed by atoms with Crippen LogP contribution >= 0.6 is 0 Å². The number of benzene rings is 2. The maximum Gasteiger partial charge on any atom is 0.111 e. The summed E-state index contributed by atoms with van der Waals surface area (Å²) in [7, 11) is 0. The second-order valence-electron chi connectivity index (χ2n) is 5.46. The van der Waals surface area contributed by atoms with Crippen molar-refractivity contribution >= 4 is 5.70 Å². The van der Waals surface area contributed by atoms with E-state index in [0.717, 1.165) is 24.1 Å². The first-order chi connectivity index (χ1) is 11.3. The van der Waals surface area contributed by atoms with Gasteiger partial charge in [-0.2, -0.15) is 0 Å². The average Bonchev–Trinajstić information content (AvgIpc) is 2.61. The zero-order valence-corrected chi connectivity index (χ0v) is 13.8. The summed E-state index contributed by atoms with van der Waals surface area (Å²) in [6.07, 6.45) is 3.86. The molecule has 0 aliphatic heterocycles. The third kappa shape index (κ3) is 4.83. The normalized spacial score (nSPS) is 11.7. The molecule has 0 fully saturated rings. The monoisotopic (exact) mass is 307 g/mol. The molecule has 0 spiro atoms. The van der Waals surface area contributed by atoms with Crippen LogP contribution in [0, 0.1) is 0 Å². The lowest BCUT2D eigenvalue weighted by Gasteiger charge is -2.30. The van der Waals surface area contributed by atoms with Gasteiger partial charge in [-0.25, -0.2) is 5.06 Å². The van der Waals surface area contributed by atoms with Crippen LogP contribution in [-0.2, 0) is 4.84 Å². The van der Waals surface area contributed by atoms with Crippen molar-refractivity contribution in [3.63, 3.8) is 0 Å². The third-order valence-electron chi connectivity index (χ3n) is 3.68. The second kappa shape index (κ2) is 8.96. The van der Waals surface area contributed by atoms with Crippen LogP contribution in [-0.4, -0.2) is 11.6 Å². The molecule has 0 N–H and O–H groups in total. The molecule has 0 heterocycles. The van der Waals surface area contributed by atoms with Gasteiger partial charge in [-0.3, -0.25) is 4.84 Å². The molecule has 0 bridgehead atoms. The fourth-order valence-corrected chi connectivity index (χ4v) is 2.47. The summed E-state index contributed by atoms with van der Waals surface area (Å²) < 4.78 is 0. The summed E-state index contributed by atoms with van der Waals surface area (Å²) in [5, 5.41) is 1.84. The smallest absolute Gasteiger partial charge is 0.111 e. The van der Waals surface area contributed by atoms with Gasteiger partial charge in [-0.05, 0) is 17.5 Å². The molecule has 0 saturated heterocycles. The molecule has 0 amide bonds. The first-order valence-electron chi connectivity index (χ1n) is 8.10. The lowest BCUT2D eigenvalue weighted by Crippen LogP contribution is -2.25. The fourth-order valence-electron chi connectivity index (χ4n) is 2.47. The van der Waals surface area contributed by atoms with Gasteiger partial charge in [0, 0.05) is 0 Å². The van der Waals surface area contributed by atoms with E-state index in [-0.39, 0.29) is 6.10 Å². The van der Waals surface area contributed by atoms with Gasteiger partial charge in [-0.1, -0.05) is 86.7 Å². The van der Waals surface area contributed by atoms with Crippen LogP contribution in [0.3, 0.4) is 0 Å². The number of hydroxylamine groups is 2. The summed E-state index contributed by atoms with van der Waals surface area (Å²) in [4.78, 5) is 6.30. The van der Waals surface area contributed by atoms with Crippen LogP contribution in [0.4, 0.5) is 0 Å². The average molecular weight is 307 g/mol. The molecular weight excluding hydrogens is 282 g/mol. The predicted molar refractivity (Wildman–Crippen MR) is 97.6 cm³/mol. The Morgan fingerprint density at radius 1 is 1.09 bits per heavy atom. The van der Waals surface area contributed by atoms with Gasteiger partial charge in [0.25, 0.3) is 0 Å². The van der Waals surface area contributed by atoms with E-state index in [1.165, 1.54) is 5.56 Å². The van der Waals surface area contributed by atoms with E-state index in [4.69, 9.17) is 4.84 Å². The maximum atomic E-state index is 6.30. The second-order valence-corrected chi connectivity index (χ2v) is 5.46. The molecule has 2 rings (SSSR count). The number of nitrogens with zero attached hydrogens (tertiary/aromatic N) is 1. The molecule has 2 heteroatoms. The lowest BCUT2D eigenvalue weighted by molar-refractivity contribution is -0.153. The molecule has 23 heavy (non-hydrogen) atoms. The zero-order valence-electron chi connectivity index (χ0n) is 13.8. The van der Waals surface area contributed by atoms with Crippen molar-refractivity contribution < 1.29 is 4.84 Å². The lowest BCUT2D eigenvalue weighted by atomic mass is 10.1. The van der Waals surface area contributed by atoms with Crippen LogP contribution in [0.2, 0.25) is 0 Å². The van der Waals surface area contributed by atoms with Gasteiger partial charge >= 0.3 is 0 Å². The number of hydrogen-bond donors (Lipinski definition) is 0. The number of hydrogen-bond acceptors (Lipinski definition) is 2. The van der Waals surface area contributed by atoms with Gasteiger partial charge < -0.3 is 0 Å². The highest BCUT2D eigenvalue weighted by Crippen LogP contribution is 2.27. The molecule has 0 aromatic heterocycles. The summed E-state index contributed by atoms with van der Waals surface area (Å²) in [5.41, 5.74) is 3.09. The first-order valence-corrected chi connectivity index (χ1v) is 8.10. The fraction of sp³-hybridized carbons (Fsp3) is 0.238. The molecule has 1 unspecified atom stereocenters. The van der Waals surface area contributed by atoms with E-state index < -0.39 is 0 Å². The van der Waals surface area contributed by atoms with Gasteiger partial charge in [0.2, 0.25) is 0 Å². The highest BCUT2D eigenvalue weighted by molar-refractivity contribution is 5.60. The van der Waals surface area contributed by atoms with Gasteiger partial charge in [0.15, 0.2) is 0 Å². The van der Waals surface area contributed by atoms with Crippen LogP contribution in [0.1, 0.15) is 37.0 Å². The Hall–Kier alpha value is -2.32. The quantitative estimate of drug-likeness (QED) is 0.440. The first kappa shape index (κ1) is 17.0. The maximum absolute atomic E-state index is 6.30.